The lowest BCUT2D eigenvalue weighted by Gasteiger charge is -2.33. The third-order valence-electron chi connectivity index (χ3n) is 5.55. The lowest BCUT2D eigenvalue weighted by Crippen LogP contribution is -2.39. The van der Waals surface area contributed by atoms with Gasteiger partial charge in [0.2, 0.25) is 0 Å². The van der Waals surface area contributed by atoms with Gasteiger partial charge in [-0.15, -0.1) is 0 Å². The minimum atomic E-state index is -3.24. The van der Waals surface area contributed by atoms with Gasteiger partial charge in [-0.25, -0.2) is 8.42 Å². The van der Waals surface area contributed by atoms with Crippen molar-refractivity contribution in [2.45, 2.75) is 57.8 Å². The molecule has 154 valence electrons. The van der Waals surface area contributed by atoms with Crippen molar-refractivity contribution in [2.24, 2.45) is 11.8 Å². The number of sulfone groups is 1. The first-order valence-electron chi connectivity index (χ1n) is 10.5. The quantitative estimate of drug-likeness (QED) is 0.558. The van der Waals surface area contributed by atoms with Crippen LogP contribution in [0.5, 0.6) is 0 Å². The molecule has 4 nitrogen and oxygen atoms in total. The Hall–Kier alpha value is -0.910. The zero-order valence-electron chi connectivity index (χ0n) is 17.7. The number of hydrogen-bond donors (Lipinski definition) is 0. The summed E-state index contributed by atoms with van der Waals surface area (Å²) in [6, 6.07) is 7.17. The highest BCUT2D eigenvalue weighted by atomic mass is 32.2. The molecule has 1 fully saturated rings. The number of unbranched alkanes of at least 4 members (excludes halogenated alkanes) is 1. The van der Waals surface area contributed by atoms with E-state index in [0.29, 0.717) is 10.8 Å². The zero-order chi connectivity index (χ0) is 19.9. The minimum Gasteiger partial charge on any atom is -0.303 e. The number of hydrogen-bond acceptors (Lipinski definition) is 4. The summed E-state index contributed by atoms with van der Waals surface area (Å²) in [7, 11) is -1.31. The van der Waals surface area contributed by atoms with E-state index in [2.05, 4.69) is 18.7 Å². The van der Waals surface area contributed by atoms with Crippen molar-refractivity contribution in [1.82, 2.24) is 9.80 Å². The summed E-state index contributed by atoms with van der Waals surface area (Å²) >= 11 is 0. The van der Waals surface area contributed by atoms with Crippen LogP contribution in [0.2, 0.25) is 0 Å². The van der Waals surface area contributed by atoms with Crippen molar-refractivity contribution < 1.29 is 8.42 Å². The molecule has 0 saturated carbocycles. The molecular formula is C22H38N2O2S. The fourth-order valence-corrected chi connectivity index (χ4v) is 5.27. The molecule has 1 aliphatic rings. The molecule has 0 aliphatic carbocycles. The lowest BCUT2D eigenvalue weighted by atomic mass is 9.96. The van der Waals surface area contributed by atoms with Gasteiger partial charge in [0.25, 0.3) is 0 Å². The molecule has 0 atom stereocenters. The molecule has 0 aromatic heterocycles. The number of nitrogens with zero attached hydrogens (tertiary/aromatic N) is 2. The van der Waals surface area contributed by atoms with Crippen LogP contribution >= 0.6 is 0 Å². The summed E-state index contributed by atoms with van der Waals surface area (Å²) in [5.74, 6) is 1.52. The van der Waals surface area contributed by atoms with Crippen molar-refractivity contribution in [3.05, 3.63) is 29.8 Å². The molecule has 0 radical (unpaired) electrons. The van der Waals surface area contributed by atoms with Crippen LogP contribution in [0.15, 0.2) is 29.2 Å². The number of benzene rings is 1. The van der Waals surface area contributed by atoms with Gasteiger partial charge in [-0.2, -0.15) is 0 Å². The van der Waals surface area contributed by atoms with E-state index in [9.17, 15) is 8.42 Å². The molecular weight excluding hydrogens is 356 g/mol. The first-order valence-corrected chi connectivity index (χ1v) is 12.1. The van der Waals surface area contributed by atoms with Crippen LogP contribution in [0.4, 0.5) is 0 Å². The third-order valence-corrected chi connectivity index (χ3v) is 7.32. The van der Waals surface area contributed by atoms with Gasteiger partial charge in [-0.05, 0) is 76.8 Å². The Bertz CT molecular complexity index is 647. The van der Waals surface area contributed by atoms with E-state index < -0.39 is 9.84 Å². The van der Waals surface area contributed by atoms with Crippen molar-refractivity contribution in [3.63, 3.8) is 0 Å². The average molecular weight is 395 g/mol. The van der Waals surface area contributed by atoms with Crippen molar-refractivity contribution >= 4 is 9.84 Å². The molecule has 0 bridgehead atoms. The van der Waals surface area contributed by atoms with Crippen LogP contribution in [0.1, 0.15) is 51.5 Å². The normalized spacial score (nSPS) is 17.1. The maximum atomic E-state index is 12.6. The third kappa shape index (κ3) is 7.92. The molecule has 27 heavy (non-hydrogen) atoms. The van der Waals surface area contributed by atoms with Crippen molar-refractivity contribution in [3.8, 4) is 0 Å². The Balaban J connectivity index is 1.71. The van der Waals surface area contributed by atoms with E-state index in [1.165, 1.54) is 38.6 Å². The lowest BCUT2D eigenvalue weighted by molar-refractivity contribution is 0.158. The molecule has 1 aliphatic heterocycles. The van der Waals surface area contributed by atoms with Gasteiger partial charge in [0.1, 0.15) is 5.88 Å². The molecule has 0 amide bonds. The smallest absolute Gasteiger partial charge is 0.191 e. The number of piperidine rings is 1. The van der Waals surface area contributed by atoms with E-state index >= 15 is 0 Å². The number of rotatable bonds is 10. The maximum absolute atomic E-state index is 12.6. The average Bonchev–Trinajstić information content (AvgIpc) is 2.60. The van der Waals surface area contributed by atoms with E-state index in [1.54, 1.807) is 12.1 Å². The number of likely N-dealkylation sites (tertiary alicyclic amines) is 1. The van der Waals surface area contributed by atoms with Crippen LogP contribution in [0.25, 0.3) is 0 Å². The zero-order valence-corrected chi connectivity index (χ0v) is 18.5. The predicted molar refractivity (Wildman–Crippen MR) is 114 cm³/mol. The van der Waals surface area contributed by atoms with Gasteiger partial charge in [0.15, 0.2) is 9.84 Å². The topological polar surface area (TPSA) is 40.6 Å². The highest BCUT2D eigenvalue weighted by Gasteiger charge is 2.23. The summed E-state index contributed by atoms with van der Waals surface area (Å²) in [6.45, 7) is 11.0. The van der Waals surface area contributed by atoms with Crippen LogP contribution in [0, 0.1) is 18.8 Å². The first-order chi connectivity index (χ1) is 12.8. The van der Waals surface area contributed by atoms with Crippen LogP contribution in [-0.4, -0.2) is 57.3 Å². The monoisotopic (exact) mass is 394 g/mol. The molecule has 0 unspecified atom stereocenters. The fraction of sp³-hybridized carbons (Fsp3) is 0.727. The second-order valence-electron chi connectivity index (χ2n) is 8.77. The summed E-state index contributed by atoms with van der Waals surface area (Å²) in [5.41, 5.74) is 1.08. The fourth-order valence-electron chi connectivity index (χ4n) is 3.88. The second kappa shape index (κ2) is 10.6. The first kappa shape index (κ1) is 22.4. The van der Waals surface area contributed by atoms with Crippen LogP contribution in [0.3, 0.4) is 0 Å². The van der Waals surface area contributed by atoms with Gasteiger partial charge < -0.3 is 4.90 Å². The van der Waals surface area contributed by atoms with Gasteiger partial charge in [-0.3, -0.25) is 4.90 Å². The van der Waals surface area contributed by atoms with Gasteiger partial charge in [0.05, 0.1) is 4.90 Å². The maximum Gasteiger partial charge on any atom is 0.191 e. The molecule has 1 aromatic carbocycles. The Labute approximate surface area is 166 Å². The summed E-state index contributed by atoms with van der Waals surface area (Å²) in [6.07, 6.45) is 6.32. The minimum absolute atomic E-state index is 0.103. The second-order valence-corrected chi connectivity index (χ2v) is 10.7. The van der Waals surface area contributed by atoms with E-state index in [-0.39, 0.29) is 5.88 Å². The molecule has 1 saturated heterocycles. The SMILES string of the molecule is Cc1ccc(S(=O)(=O)CN(C)CC2CCN(CCCCC(C)C)CC2)cc1. The summed E-state index contributed by atoms with van der Waals surface area (Å²) in [5, 5.41) is 0. The molecule has 0 N–H and O–H groups in total. The van der Waals surface area contributed by atoms with Crippen molar-refractivity contribution in [1.29, 1.82) is 0 Å². The Morgan fingerprint density at radius 2 is 1.74 bits per heavy atom. The Morgan fingerprint density at radius 3 is 2.33 bits per heavy atom. The highest BCUT2D eigenvalue weighted by molar-refractivity contribution is 7.91. The Kier molecular flexibility index (Phi) is 8.77. The summed E-state index contributed by atoms with van der Waals surface area (Å²) < 4.78 is 25.2. The molecule has 0 spiro atoms. The number of aryl methyl sites for hydroxylation is 1. The van der Waals surface area contributed by atoms with Crippen molar-refractivity contribution in [2.75, 3.05) is 39.1 Å². The molecule has 5 heteroatoms. The van der Waals surface area contributed by atoms with Gasteiger partial charge >= 0.3 is 0 Å². The Morgan fingerprint density at radius 1 is 1.11 bits per heavy atom. The van der Waals surface area contributed by atoms with Gasteiger partial charge in [-0.1, -0.05) is 44.4 Å². The van der Waals surface area contributed by atoms with Gasteiger partial charge in [0, 0.05) is 6.54 Å². The van der Waals surface area contributed by atoms with Crippen LogP contribution < -0.4 is 0 Å². The van der Waals surface area contributed by atoms with Crippen LogP contribution in [-0.2, 0) is 9.84 Å². The van der Waals surface area contributed by atoms with E-state index in [1.807, 2.05) is 31.0 Å². The largest absolute Gasteiger partial charge is 0.303 e. The standard InChI is InChI=1S/C22H38N2O2S/c1-19(2)7-5-6-14-24-15-12-21(13-16-24)17-23(4)18-27(25,26)22-10-8-20(3)9-11-22/h8-11,19,21H,5-7,12-18H2,1-4H3. The molecule has 2 rings (SSSR count). The predicted octanol–water partition coefficient (Wildman–Crippen LogP) is 4.20. The van der Waals surface area contributed by atoms with E-state index in [4.69, 9.17) is 0 Å². The van der Waals surface area contributed by atoms with E-state index in [0.717, 1.165) is 31.1 Å². The summed E-state index contributed by atoms with van der Waals surface area (Å²) in [4.78, 5) is 4.99. The molecule has 1 aromatic rings. The molecule has 1 heterocycles. The highest BCUT2D eigenvalue weighted by Crippen LogP contribution is 2.20.